The maximum Gasteiger partial charge on any atom is 0.346 e. The Morgan fingerprint density at radius 3 is 2.65 bits per heavy atom. The second-order valence-corrected chi connectivity index (χ2v) is 6.68. The van der Waals surface area contributed by atoms with E-state index in [1.54, 1.807) is 38.1 Å². The van der Waals surface area contributed by atoms with E-state index >= 15 is 0 Å². The molecule has 1 aromatic rings. The predicted octanol–water partition coefficient (Wildman–Crippen LogP) is 3.20. The van der Waals surface area contributed by atoms with Crippen molar-refractivity contribution < 1.29 is 9.44 Å². The van der Waals surface area contributed by atoms with E-state index in [-0.39, 0.29) is 19.5 Å². The lowest BCUT2D eigenvalue weighted by atomic mass is 10.0. The van der Waals surface area contributed by atoms with Crippen molar-refractivity contribution in [3.05, 3.63) is 45.5 Å². The number of carbonyl (C=O) groups excluding carboxylic acids is 1. The van der Waals surface area contributed by atoms with Gasteiger partial charge in [0, 0.05) is 12.0 Å². The van der Waals surface area contributed by atoms with Crippen LogP contribution in [0.1, 0.15) is 36.2 Å². The monoisotopic (exact) mass is 296 g/mol. The molecule has 2 atom stereocenters. The van der Waals surface area contributed by atoms with Crippen LogP contribution in [0.4, 0.5) is 0 Å². The Morgan fingerprint density at radius 2 is 2.10 bits per heavy atom. The molecule has 2 unspecified atom stereocenters. The maximum atomic E-state index is 12.6. The number of carbonyl (C=O) groups is 1. The maximum absolute atomic E-state index is 12.6. The van der Waals surface area contributed by atoms with Crippen LogP contribution in [-0.4, -0.2) is 28.0 Å². The molecule has 0 aliphatic carbocycles. The summed E-state index contributed by atoms with van der Waals surface area (Å²) in [4.78, 5) is 22.2. The van der Waals surface area contributed by atoms with Crippen LogP contribution in [0.25, 0.3) is 0 Å². The summed E-state index contributed by atoms with van der Waals surface area (Å²) in [6.45, 7) is 3.48. The van der Waals surface area contributed by atoms with Gasteiger partial charge in [0.05, 0.1) is 17.0 Å². The molecule has 1 aliphatic rings. The fraction of sp³-hybridized carbons (Fsp3) is 0.500. The van der Waals surface area contributed by atoms with Crippen molar-refractivity contribution in [2.24, 2.45) is 5.18 Å². The topological polar surface area (TPSA) is 69.6 Å². The first-order valence-corrected chi connectivity index (χ1v) is 6.88. The summed E-state index contributed by atoms with van der Waals surface area (Å²) in [5.41, 5.74) is 1.23. The lowest BCUT2D eigenvalue weighted by Crippen LogP contribution is -2.45. The van der Waals surface area contributed by atoms with Crippen LogP contribution in [0, 0.1) is 10.1 Å². The lowest BCUT2D eigenvalue weighted by molar-refractivity contribution is -0.807. The van der Waals surface area contributed by atoms with Gasteiger partial charge >= 0.3 is 5.91 Å². The fourth-order valence-electron chi connectivity index (χ4n) is 2.47. The zero-order chi connectivity index (χ0) is 15.0. The molecule has 0 saturated heterocycles. The van der Waals surface area contributed by atoms with E-state index in [0.29, 0.717) is 5.56 Å². The SMILES string of the molecule is CC(C)(Cl)C(CC[N+]1([O-])Cc2ccccc2C1=O)N=O. The molecule has 1 aliphatic heterocycles. The summed E-state index contributed by atoms with van der Waals surface area (Å²) < 4.78 is -0.960. The van der Waals surface area contributed by atoms with Gasteiger partial charge in [-0.25, -0.2) is 4.79 Å². The first kappa shape index (κ1) is 15.1. The first-order valence-electron chi connectivity index (χ1n) is 6.50. The van der Waals surface area contributed by atoms with Crippen molar-refractivity contribution in [2.75, 3.05) is 6.54 Å². The van der Waals surface area contributed by atoms with Gasteiger partial charge in [-0.3, -0.25) is 4.65 Å². The van der Waals surface area contributed by atoms with E-state index in [1.807, 2.05) is 0 Å². The molecule has 0 fully saturated rings. The standard InChI is InChI=1S/C14H17ClN2O3/c1-14(2,15)12(16-19)7-8-17(20)9-10-5-3-4-6-11(10)13(17)18/h3-6,12H,7-9H2,1-2H3. The van der Waals surface area contributed by atoms with E-state index in [0.717, 1.165) is 5.56 Å². The molecule has 1 amide bonds. The van der Waals surface area contributed by atoms with Gasteiger partial charge < -0.3 is 5.21 Å². The van der Waals surface area contributed by atoms with Crippen LogP contribution < -0.4 is 0 Å². The molecule has 0 bridgehead atoms. The van der Waals surface area contributed by atoms with Gasteiger partial charge in [-0.15, -0.1) is 11.6 Å². The average molecular weight is 297 g/mol. The van der Waals surface area contributed by atoms with Gasteiger partial charge in [0.1, 0.15) is 12.6 Å². The zero-order valence-electron chi connectivity index (χ0n) is 11.5. The minimum Gasteiger partial charge on any atom is -0.625 e. The molecule has 2 rings (SSSR count). The smallest absolute Gasteiger partial charge is 0.346 e. The van der Waals surface area contributed by atoms with Gasteiger partial charge in [0.15, 0.2) is 0 Å². The Balaban J connectivity index is 2.11. The number of amides is 1. The minimum atomic E-state index is -0.960. The van der Waals surface area contributed by atoms with Gasteiger partial charge in [0.25, 0.3) is 0 Å². The first-order chi connectivity index (χ1) is 9.28. The van der Waals surface area contributed by atoms with Gasteiger partial charge in [-0.1, -0.05) is 23.4 Å². The number of nitroso groups, excluding NO2 is 1. The molecule has 0 radical (unpaired) electrons. The van der Waals surface area contributed by atoms with Crippen molar-refractivity contribution in [3.8, 4) is 0 Å². The van der Waals surface area contributed by atoms with Crippen LogP contribution in [0.2, 0.25) is 0 Å². The van der Waals surface area contributed by atoms with Gasteiger partial charge in [-0.2, -0.15) is 4.91 Å². The molecule has 0 spiro atoms. The van der Waals surface area contributed by atoms with Crippen LogP contribution in [-0.2, 0) is 6.54 Å². The minimum absolute atomic E-state index is 0.0140. The molecular formula is C14H17ClN2O3. The number of hydrogen-bond acceptors (Lipinski definition) is 4. The lowest BCUT2D eigenvalue weighted by Gasteiger charge is -2.36. The van der Waals surface area contributed by atoms with Crippen LogP contribution in [0.3, 0.4) is 0 Å². The Bertz CT molecular complexity index is 541. The van der Waals surface area contributed by atoms with E-state index in [1.165, 1.54) is 0 Å². The number of quaternary nitrogens is 1. The molecule has 5 nitrogen and oxygen atoms in total. The largest absolute Gasteiger partial charge is 0.625 e. The molecule has 0 aromatic heterocycles. The Morgan fingerprint density at radius 1 is 1.45 bits per heavy atom. The Labute approximate surface area is 122 Å². The number of hydrogen-bond donors (Lipinski definition) is 0. The fourth-order valence-corrected chi connectivity index (χ4v) is 2.61. The predicted molar refractivity (Wildman–Crippen MR) is 77.1 cm³/mol. The highest BCUT2D eigenvalue weighted by Gasteiger charge is 2.40. The molecule has 108 valence electrons. The van der Waals surface area contributed by atoms with Crippen molar-refractivity contribution in [1.29, 1.82) is 0 Å². The molecule has 0 saturated carbocycles. The third-order valence-corrected chi connectivity index (χ3v) is 3.98. The second kappa shape index (κ2) is 5.24. The molecule has 1 heterocycles. The summed E-state index contributed by atoms with van der Waals surface area (Å²) >= 11 is 6.07. The van der Waals surface area contributed by atoms with E-state index in [9.17, 15) is 14.9 Å². The van der Waals surface area contributed by atoms with Crippen LogP contribution >= 0.6 is 11.6 Å². The number of benzene rings is 1. The Kier molecular flexibility index (Phi) is 3.95. The summed E-state index contributed by atoms with van der Waals surface area (Å²) in [5.74, 6) is -0.447. The molecule has 0 N–H and O–H groups in total. The highest BCUT2D eigenvalue weighted by Crippen LogP contribution is 2.31. The van der Waals surface area contributed by atoms with Crippen molar-refractivity contribution in [2.45, 2.75) is 37.7 Å². The van der Waals surface area contributed by atoms with Crippen LogP contribution in [0.15, 0.2) is 29.4 Å². The van der Waals surface area contributed by atoms with Crippen molar-refractivity contribution in [3.63, 3.8) is 0 Å². The summed E-state index contributed by atoms with van der Waals surface area (Å²) in [5, 5.41) is 15.6. The summed E-state index contributed by atoms with van der Waals surface area (Å²) in [6, 6.07) is 6.30. The number of hydroxylamine groups is 3. The highest BCUT2D eigenvalue weighted by molar-refractivity contribution is 6.23. The summed E-state index contributed by atoms with van der Waals surface area (Å²) in [7, 11) is 0. The summed E-state index contributed by atoms with van der Waals surface area (Å²) in [6.07, 6.45) is 0.198. The number of alkyl halides is 1. The highest BCUT2D eigenvalue weighted by atomic mass is 35.5. The van der Waals surface area contributed by atoms with E-state index in [4.69, 9.17) is 11.6 Å². The van der Waals surface area contributed by atoms with E-state index in [2.05, 4.69) is 5.18 Å². The second-order valence-electron chi connectivity index (χ2n) is 5.71. The number of fused-ring (bicyclic) bond motifs is 1. The van der Waals surface area contributed by atoms with Crippen molar-refractivity contribution >= 4 is 17.5 Å². The van der Waals surface area contributed by atoms with Gasteiger partial charge in [0.2, 0.25) is 0 Å². The number of nitrogens with zero attached hydrogens (tertiary/aromatic N) is 2. The molecular weight excluding hydrogens is 280 g/mol. The zero-order valence-corrected chi connectivity index (χ0v) is 12.3. The molecule has 20 heavy (non-hydrogen) atoms. The van der Waals surface area contributed by atoms with Crippen LogP contribution in [0.5, 0.6) is 0 Å². The molecule has 1 aromatic carbocycles. The quantitative estimate of drug-likeness (QED) is 0.362. The Hall–Kier alpha value is -1.30. The van der Waals surface area contributed by atoms with Gasteiger partial charge in [-0.05, 0) is 19.9 Å². The van der Waals surface area contributed by atoms with E-state index < -0.39 is 21.5 Å². The van der Waals surface area contributed by atoms with Crippen molar-refractivity contribution in [1.82, 2.24) is 0 Å². The normalized spacial score (nSPS) is 23.5. The number of halogens is 1. The average Bonchev–Trinajstić information content (AvgIpc) is 2.62. The third-order valence-electron chi connectivity index (χ3n) is 3.73. The molecule has 6 heteroatoms. The third kappa shape index (κ3) is 2.75. The number of rotatable bonds is 5.